The van der Waals surface area contributed by atoms with Gasteiger partial charge in [-0.25, -0.2) is 0 Å². The van der Waals surface area contributed by atoms with Crippen molar-refractivity contribution < 1.29 is 9.84 Å². The summed E-state index contributed by atoms with van der Waals surface area (Å²) in [6.45, 7) is 0.566. The number of ether oxygens (including phenoxy) is 1. The molecule has 12 heavy (non-hydrogen) atoms. The van der Waals surface area contributed by atoms with Crippen LogP contribution < -0.4 is 5.73 Å². The average Bonchev–Trinajstić information content (AvgIpc) is 2.08. The highest BCUT2D eigenvalue weighted by molar-refractivity contribution is 4.66. The molecule has 0 aromatic heterocycles. The molecule has 0 atom stereocenters. The summed E-state index contributed by atoms with van der Waals surface area (Å²) in [5.74, 6) is 0. The maximum Gasteiger partial charge on any atom is 0.0693 e. The zero-order valence-electron chi connectivity index (χ0n) is 7.96. The molecule has 0 unspecified atom stereocenters. The van der Waals surface area contributed by atoms with Crippen LogP contribution in [0.4, 0.5) is 0 Å². The van der Waals surface area contributed by atoms with Gasteiger partial charge in [0.2, 0.25) is 0 Å². The third kappa shape index (κ3) is 7.98. The van der Waals surface area contributed by atoms with Crippen molar-refractivity contribution in [2.75, 3.05) is 20.3 Å². The summed E-state index contributed by atoms with van der Waals surface area (Å²) in [7, 11) is 1.55. The zero-order chi connectivity index (χ0) is 9.23. The van der Waals surface area contributed by atoms with Crippen LogP contribution in [0.2, 0.25) is 0 Å². The van der Waals surface area contributed by atoms with E-state index in [1.165, 1.54) is 32.1 Å². The molecule has 3 nitrogen and oxygen atoms in total. The summed E-state index contributed by atoms with van der Waals surface area (Å²) in [6, 6.07) is 0.536. The van der Waals surface area contributed by atoms with E-state index >= 15 is 0 Å². The molecule has 0 saturated heterocycles. The third-order valence-electron chi connectivity index (χ3n) is 1.95. The minimum atomic E-state index is 0.122. The van der Waals surface area contributed by atoms with Crippen LogP contribution in [-0.2, 0) is 4.74 Å². The summed E-state index contributed by atoms with van der Waals surface area (Å²) in [5, 5.41) is 7.94. The molecule has 1 saturated carbocycles. The summed E-state index contributed by atoms with van der Waals surface area (Å²) < 4.78 is 4.44. The first-order valence-electron chi connectivity index (χ1n) is 4.66. The van der Waals surface area contributed by atoms with Crippen molar-refractivity contribution in [3.05, 3.63) is 0 Å². The zero-order valence-corrected chi connectivity index (χ0v) is 7.96. The number of nitrogens with two attached hydrogens (primary N) is 1. The Balaban J connectivity index is 0.000000217. The monoisotopic (exact) mass is 175 g/mol. The molecule has 0 spiro atoms. The molecule has 0 aromatic rings. The van der Waals surface area contributed by atoms with Crippen molar-refractivity contribution >= 4 is 0 Å². The molecule has 0 aromatic carbocycles. The SMILES string of the molecule is COCCO.NC1CCCCC1. The van der Waals surface area contributed by atoms with E-state index in [2.05, 4.69) is 4.74 Å². The van der Waals surface area contributed by atoms with E-state index < -0.39 is 0 Å². The minimum absolute atomic E-state index is 0.122. The van der Waals surface area contributed by atoms with E-state index in [1.807, 2.05) is 0 Å². The molecule has 1 aliphatic carbocycles. The fourth-order valence-corrected chi connectivity index (χ4v) is 1.23. The molecule has 0 radical (unpaired) electrons. The first kappa shape index (κ1) is 11.9. The van der Waals surface area contributed by atoms with Crippen molar-refractivity contribution in [3.8, 4) is 0 Å². The number of rotatable bonds is 2. The number of aliphatic hydroxyl groups excluding tert-OH is 1. The quantitative estimate of drug-likeness (QED) is 0.655. The summed E-state index contributed by atoms with van der Waals surface area (Å²) in [5.41, 5.74) is 5.63. The van der Waals surface area contributed by atoms with E-state index in [4.69, 9.17) is 10.8 Å². The van der Waals surface area contributed by atoms with Gasteiger partial charge < -0.3 is 15.6 Å². The lowest BCUT2D eigenvalue weighted by Gasteiger charge is -2.15. The van der Waals surface area contributed by atoms with Crippen LogP contribution in [0.25, 0.3) is 0 Å². The Bertz CT molecular complexity index is 80.6. The van der Waals surface area contributed by atoms with E-state index in [9.17, 15) is 0 Å². The first-order valence-corrected chi connectivity index (χ1v) is 4.66. The molecule has 1 rings (SSSR count). The second kappa shape index (κ2) is 8.97. The highest BCUT2D eigenvalue weighted by Gasteiger charge is 2.06. The van der Waals surface area contributed by atoms with Gasteiger partial charge in [0.1, 0.15) is 0 Å². The van der Waals surface area contributed by atoms with E-state index in [1.54, 1.807) is 7.11 Å². The highest BCUT2D eigenvalue weighted by Crippen LogP contribution is 2.14. The second-order valence-corrected chi connectivity index (χ2v) is 3.11. The van der Waals surface area contributed by atoms with Gasteiger partial charge in [-0.1, -0.05) is 19.3 Å². The Kier molecular flexibility index (Phi) is 8.88. The normalized spacial score (nSPS) is 18.2. The van der Waals surface area contributed by atoms with E-state index in [0.717, 1.165) is 0 Å². The molecule has 0 heterocycles. The number of hydrogen-bond donors (Lipinski definition) is 2. The van der Waals surface area contributed by atoms with Gasteiger partial charge in [-0.3, -0.25) is 0 Å². The van der Waals surface area contributed by atoms with Gasteiger partial charge in [-0.2, -0.15) is 0 Å². The minimum Gasteiger partial charge on any atom is -0.394 e. The third-order valence-corrected chi connectivity index (χ3v) is 1.95. The van der Waals surface area contributed by atoms with Crippen LogP contribution in [0.1, 0.15) is 32.1 Å². The second-order valence-electron chi connectivity index (χ2n) is 3.11. The van der Waals surface area contributed by atoms with E-state index in [0.29, 0.717) is 12.6 Å². The highest BCUT2D eigenvalue weighted by atomic mass is 16.5. The van der Waals surface area contributed by atoms with Crippen LogP contribution >= 0.6 is 0 Å². The topological polar surface area (TPSA) is 55.5 Å². The molecule has 3 heteroatoms. The van der Waals surface area contributed by atoms with E-state index in [-0.39, 0.29) is 6.61 Å². The van der Waals surface area contributed by atoms with Crippen molar-refractivity contribution in [1.29, 1.82) is 0 Å². The Hall–Kier alpha value is -0.120. The predicted octanol–water partition coefficient (Wildman–Crippen LogP) is 0.903. The molecule has 1 fully saturated rings. The van der Waals surface area contributed by atoms with Crippen molar-refractivity contribution in [2.24, 2.45) is 5.73 Å². The fourth-order valence-electron chi connectivity index (χ4n) is 1.23. The van der Waals surface area contributed by atoms with Gasteiger partial charge >= 0.3 is 0 Å². The molecule has 3 N–H and O–H groups in total. The fraction of sp³-hybridized carbons (Fsp3) is 1.00. The van der Waals surface area contributed by atoms with Crippen LogP contribution in [0.15, 0.2) is 0 Å². The lowest BCUT2D eigenvalue weighted by atomic mass is 9.97. The maximum atomic E-state index is 7.94. The molecular formula is C9H21NO2. The number of methoxy groups -OCH3 is 1. The predicted molar refractivity (Wildman–Crippen MR) is 50.0 cm³/mol. The van der Waals surface area contributed by atoms with Gasteiger partial charge in [-0.15, -0.1) is 0 Å². The Morgan fingerprint density at radius 3 is 2.08 bits per heavy atom. The van der Waals surface area contributed by atoms with Gasteiger partial charge in [0.15, 0.2) is 0 Å². The molecule has 0 aliphatic heterocycles. The summed E-state index contributed by atoms with van der Waals surface area (Å²) in [6.07, 6.45) is 6.66. The maximum absolute atomic E-state index is 7.94. The molecule has 0 bridgehead atoms. The van der Waals surface area contributed by atoms with Crippen LogP contribution in [0, 0.1) is 0 Å². The van der Waals surface area contributed by atoms with Crippen LogP contribution in [0.3, 0.4) is 0 Å². The lowest BCUT2D eigenvalue weighted by molar-refractivity contribution is 0.135. The van der Waals surface area contributed by atoms with Gasteiger partial charge in [0.25, 0.3) is 0 Å². The van der Waals surface area contributed by atoms with Crippen molar-refractivity contribution in [3.63, 3.8) is 0 Å². The molecular weight excluding hydrogens is 154 g/mol. The van der Waals surface area contributed by atoms with Crippen LogP contribution in [0.5, 0.6) is 0 Å². The largest absolute Gasteiger partial charge is 0.394 e. The Morgan fingerprint density at radius 2 is 1.92 bits per heavy atom. The Labute approximate surface area is 74.9 Å². The lowest BCUT2D eigenvalue weighted by Crippen LogP contribution is -2.22. The molecule has 1 aliphatic rings. The number of aliphatic hydroxyl groups is 1. The van der Waals surface area contributed by atoms with Crippen molar-refractivity contribution in [2.45, 2.75) is 38.1 Å². The number of hydrogen-bond acceptors (Lipinski definition) is 3. The molecule has 0 amide bonds. The molecule has 74 valence electrons. The summed E-state index contributed by atoms with van der Waals surface area (Å²) >= 11 is 0. The van der Waals surface area contributed by atoms with Gasteiger partial charge in [0, 0.05) is 13.2 Å². The van der Waals surface area contributed by atoms with Gasteiger partial charge in [-0.05, 0) is 12.8 Å². The Morgan fingerprint density at radius 1 is 1.33 bits per heavy atom. The van der Waals surface area contributed by atoms with Crippen molar-refractivity contribution in [1.82, 2.24) is 0 Å². The van der Waals surface area contributed by atoms with Crippen LogP contribution in [-0.4, -0.2) is 31.5 Å². The summed E-state index contributed by atoms with van der Waals surface area (Å²) in [4.78, 5) is 0. The standard InChI is InChI=1S/C6H13N.C3H8O2/c7-6-4-2-1-3-5-6;1-5-3-2-4/h6H,1-5,7H2;4H,2-3H2,1H3. The average molecular weight is 175 g/mol. The smallest absolute Gasteiger partial charge is 0.0693 e. The first-order chi connectivity index (χ1) is 5.81. The van der Waals surface area contributed by atoms with Gasteiger partial charge in [0.05, 0.1) is 13.2 Å².